The van der Waals surface area contributed by atoms with Gasteiger partial charge in [-0.1, -0.05) is 0 Å². The second kappa shape index (κ2) is 8.68. The molecule has 0 saturated carbocycles. The van der Waals surface area contributed by atoms with Crippen LogP contribution < -0.4 is 0 Å². The van der Waals surface area contributed by atoms with Gasteiger partial charge < -0.3 is 39.2 Å². The molecule has 0 aliphatic carbocycles. The van der Waals surface area contributed by atoms with Crippen LogP contribution in [0.1, 0.15) is 6.42 Å². The van der Waals surface area contributed by atoms with Gasteiger partial charge in [0.15, 0.2) is 6.29 Å². The predicted octanol–water partition coefficient (Wildman–Crippen LogP) is -1.41. The van der Waals surface area contributed by atoms with Crippen molar-refractivity contribution in [3.05, 3.63) is 0 Å². The van der Waals surface area contributed by atoms with E-state index in [2.05, 4.69) is 12.6 Å². The lowest BCUT2D eigenvalue weighted by Gasteiger charge is -2.25. The van der Waals surface area contributed by atoms with Crippen molar-refractivity contribution in [1.82, 2.24) is 0 Å². The zero-order valence-corrected chi connectivity index (χ0v) is 15.5. The maximum atomic E-state index is 12.2. The van der Waals surface area contributed by atoms with Crippen molar-refractivity contribution in [2.45, 2.75) is 49.7 Å². The molecule has 0 amide bonds. The summed E-state index contributed by atoms with van der Waals surface area (Å²) in [7, 11) is -4.55. The second-order valence-corrected chi connectivity index (χ2v) is 8.11. The number of rotatable bonds is 2. The summed E-state index contributed by atoms with van der Waals surface area (Å²) in [5.41, 5.74) is 0. The highest BCUT2D eigenvalue weighted by atomic mass is 32.1. The fraction of sp³-hybridized carbons (Fsp3) is 1.00. The minimum absolute atomic E-state index is 0.132. The molecule has 9 atom stereocenters. The molecule has 3 heterocycles. The second-order valence-electron chi connectivity index (χ2n) is 6.26. The van der Waals surface area contributed by atoms with E-state index in [-0.39, 0.29) is 19.8 Å². The van der Waals surface area contributed by atoms with E-state index in [1.807, 2.05) is 0 Å². The Balaban J connectivity index is 1.80. The monoisotopic (exact) mass is 418 g/mol. The molecule has 3 fully saturated rings. The van der Waals surface area contributed by atoms with Gasteiger partial charge in [0.05, 0.1) is 25.9 Å². The van der Waals surface area contributed by atoms with Crippen LogP contribution in [0, 0.1) is 5.92 Å². The number of ether oxygens (including phenoxy) is 4. The van der Waals surface area contributed by atoms with Crippen LogP contribution in [-0.2, 0) is 32.6 Å². The molecule has 4 N–H and O–H groups in total. The molecule has 26 heavy (non-hydrogen) atoms. The zero-order chi connectivity index (χ0) is 18.9. The molecule has 152 valence electrons. The van der Waals surface area contributed by atoms with E-state index in [1.165, 1.54) is 0 Å². The Hall–Kier alpha value is 0.180. The third-order valence-electron chi connectivity index (χ3n) is 4.52. The molecule has 0 aromatic heterocycles. The number of aliphatic hydroxyl groups excluding tert-OH is 3. The van der Waals surface area contributed by atoms with Crippen molar-refractivity contribution < 1.29 is 52.8 Å². The number of thiol groups is 1. The van der Waals surface area contributed by atoms with Crippen LogP contribution in [0.2, 0.25) is 0 Å². The quantitative estimate of drug-likeness (QED) is 0.266. The summed E-state index contributed by atoms with van der Waals surface area (Å²) >= 11 is 4.15. The molecular weight excluding hydrogens is 395 g/mol. The van der Waals surface area contributed by atoms with Crippen LogP contribution >= 0.6 is 20.5 Å². The third-order valence-corrected chi connectivity index (χ3v) is 5.76. The number of hydrogen-bond acceptors (Lipinski definition) is 11. The lowest BCUT2D eigenvalue weighted by molar-refractivity contribution is -0.309. The van der Waals surface area contributed by atoms with E-state index >= 15 is 0 Å². The Bertz CT molecular complexity index is 524. The van der Waals surface area contributed by atoms with Gasteiger partial charge >= 0.3 is 7.82 Å². The average Bonchev–Trinajstić information content (AvgIpc) is 3.05. The lowest BCUT2D eigenvalue weighted by atomic mass is 9.96. The molecule has 3 aliphatic heterocycles. The van der Waals surface area contributed by atoms with E-state index in [0.717, 1.165) is 0 Å². The van der Waals surface area contributed by atoms with Crippen LogP contribution in [0.5, 0.6) is 0 Å². The van der Waals surface area contributed by atoms with E-state index in [0.29, 0.717) is 12.2 Å². The van der Waals surface area contributed by atoms with Crippen LogP contribution in [0.15, 0.2) is 0 Å². The fourth-order valence-electron chi connectivity index (χ4n) is 3.25. The first-order valence-electron chi connectivity index (χ1n) is 8.15. The SMILES string of the molecule is O=P1(O)OCC2OC(O)C(OC(O)OCC3OCC(O)C3O1)C2CCS. The third kappa shape index (κ3) is 4.77. The van der Waals surface area contributed by atoms with Crippen molar-refractivity contribution in [3.8, 4) is 0 Å². The van der Waals surface area contributed by atoms with Crippen molar-refractivity contribution >= 4 is 20.5 Å². The highest BCUT2D eigenvalue weighted by molar-refractivity contribution is 7.80. The number of hydrogen-bond donors (Lipinski definition) is 5. The Morgan fingerprint density at radius 3 is 2.50 bits per heavy atom. The molecule has 2 bridgehead atoms. The van der Waals surface area contributed by atoms with Crippen molar-refractivity contribution in [1.29, 1.82) is 0 Å². The van der Waals surface area contributed by atoms with Crippen LogP contribution in [0.3, 0.4) is 0 Å². The first kappa shape index (κ1) is 20.9. The van der Waals surface area contributed by atoms with Gasteiger partial charge in [-0.2, -0.15) is 12.6 Å². The number of phosphoric acid groups is 1. The van der Waals surface area contributed by atoms with Crippen LogP contribution in [0.4, 0.5) is 0 Å². The Labute approximate surface area is 155 Å². The van der Waals surface area contributed by atoms with Crippen molar-refractivity contribution in [2.24, 2.45) is 5.92 Å². The van der Waals surface area contributed by atoms with Gasteiger partial charge in [0, 0.05) is 5.92 Å². The summed E-state index contributed by atoms with van der Waals surface area (Å²) in [5.74, 6) is -0.0474. The van der Waals surface area contributed by atoms with E-state index < -0.39 is 57.0 Å². The molecule has 0 aromatic rings. The number of aliphatic hydroxyl groups is 3. The summed E-state index contributed by atoms with van der Waals surface area (Å²) in [4.78, 5) is 9.94. The molecule has 3 aliphatic rings. The molecule has 13 heteroatoms. The molecule has 9 unspecified atom stereocenters. The van der Waals surface area contributed by atoms with Crippen molar-refractivity contribution in [3.63, 3.8) is 0 Å². The Morgan fingerprint density at radius 1 is 1.00 bits per heavy atom. The normalized spacial score (nSPS) is 50.5. The molecule has 3 rings (SSSR count). The molecular formula is C13H23O11PS. The van der Waals surface area contributed by atoms with Gasteiger partial charge in [-0.15, -0.1) is 0 Å². The minimum atomic E-state index is -4.55. The minimum Gasteiger partial charge on any atom is -0.388 e. The smallest absolute Gasteiger partial charge is 0.388 e. The summed E-state index contributed by atoms with van der Waals surface area (Å²) < 4.78 is 43.3. The van der Waals surface area contributed by atoms with Gasteiger partial charge in [-0.05, 0) is 12.2 Å². The average molecular weight is 418 g/mol. The fourth-order valence-corrected chi connectivity index (χ4v) is 4.53. The highest BCUT2D eigenvalue weighted by Gasteiger charge is 2.48. The van der Waals surface area contributed by atoms with Gasteiger partial charge in [0.2, 0.25) is 0 Å². The summed E-state index contributed by atoms with van der Waals surface area (Å²) in [5, 5.41) is 29.9. The Morgan fingerprint density at radius 2 is 1.77 bits per heavy atom. The first-order valence-corrected chi connectivity index (χ1v) is 10.3. The highest BCUT2D eigenvalue weighted by Crippen LogP contribution is 2.48. The van der Waals surface area contributed by atoms with Crippen LogP contribution in [0.25, 0.3) is 0 Å². The number of fused-ring (bicyclic) bond motifs is 3. The van der Waals surface area contributed by atoms with Crippen molar-refractivity contribution in [2.75, 3.05) is 25.6 Å². The predicted molar refractivity (Wildman–Crippen MR) is 86.1 cm³/mol. The summed E-state index contributed by atoms with van der Waals surface area (Å²) in [6.07, 6.45) is -5.96. The van der Waals surface area contributed by atoms with E-state index in [4.69, 9.17) is 28.0 Å². The first-order chi connectivity index (χ1) is 12.3. The molecule has 3 saturated heterocycles. The standard InChI is InChI=1S/C13H23O11PS/c14-7-3-19-9-4-20-13(16)23-10-6(1-2-26)8(22-12(10)15)5-21-25(17,18)24-11(7)9/h6-16,26H,1-5H2,(H,17,18). The molecule has 0 aromatic carbocycles. The molecule has 0 spiro atoms. The summed E-state index contributed by atoms with van der Waals surface area (Å²) in [6.45, 7) is -2.49. The zero-order valence-electron chi connectivity index (χ0n) is 13.7. The largest absolute Gasteiger partial charge is 0.472 e. The lowest BCUT2D eigenvalue weighted by Crippen LogP contribution is -2.39. The van der Waals surface area contributed by atoms with E-state index in [1.54, 1.807) is 0 Å². The van der Waals surface area contributed by atoms with Gasteiger partial charge in [-0.25, -0.2) is 4.57 Å². The number of phosphoric ester groups is 1. The van der Waals surface area contributed by atoms with Gasteiger partial charge in [0.25, 0.3) is 6.48 Å². The maximum Gasteiger partial charge on any atom is 0.472 e. The molecule has 0 radical (unpaired) electrons. The molecule has 11 nitrogen and oxygen atoms in total. The topological polar surface area (TPSA) is 153 Å². The maximum absolute atomic E-state index is 12.2. The van der Waals surface area contributed by atoms with Gasteiger partial charge in [-0.3, -0.25) is 9.05 Å². The van der Waals surface area contributed by atoms with E-state index in [9.17, 15) is 24.8 Å². The Kier molecular flexibility index (Phi) is 6.98. The van der Waals surface area contributed by atoms with Gasteiger partial charge in [0.1, 0.15) is 24.4 Å². The summed E-state index contributed by atoms with van der Waals surface area (Å²) in [6, 6.07) is 0. The van der Waals surface area contributed by atoms with Crippen LogP contribution in [-0.4, -0.2) is 89.1 Å².